The molecule has 1 unspecified atom stereocenters. The van der Waals surface area contributed by atoms with Gasteiger partial charge in [0.2, 0.25) is 0 Å². The number of halogens is 1. The molecule has 1 atom stereocenters. The first-order valence-corrected chi connectivity index (χ1v) is 11.3. The van der Waals surface area contributed by atoms with E-state index in [1.54, 1.807) is 19.1 Å². The number of benzene rings is 3. The maximum Gasteiger partial charge on any atom is 0.313 e. The van der Waals surface area contributed by atoms with E-state index < -0.39 is 17.6 Å². The first-order chi connectivity index (χ1) is 16.3. The van der Waals surface area contributed by atoms with Crippen molar-refractivity contribution in [3.05, 3.63) is 89.2 Å². The molecule has 6 nitrogen and oxygen atoms in total. The van der Waals surface area contributed by atoms with Crippen LogP contribution in [0.5, 0.6) is 0 Å². The smallest absolute Gasteiger partial charge is 0.313 e. The van der Waals surface area contributed by atoms with Gasteiger partial charge < -0.3 is 20.4 Å². The number of para-hydroxylation sites is 1. The lowest BCUT2D eigenvalue weighted by Gasteiger charge is -2.31. The Morgan fingerprint density at radius 2 is 1.76 bits per heavy atom. The van der Waals surface area contributed by atoms with E-state index >= 15 is 0 Å². The first-order valence-electron chi connectivity index (χ1n) is 11.3. The van der Waals surface area contributed by atoms with E-state index in [0.29, 0.717) is 5.56 Å². The van der Waals surface area contributed by atoms with Gasteiger partial charge in [-0.05, 0) is 60.4 Å². The molecule has 176 valence electrons. The minimum atomic E-state index is -0.827. The molecule has 0 aromatic heterocycles. The summed E-state index contributed by atoms with van der Waals surface area (Å²) in [5.74, 6) is -2.03. The summed E-state index contributed by atoms with van der Waals surface area (Å²) in [5.41, 5.74) is 5.24. The van der Waals surface area contributed by atoms with Crippen LogP contribution in [0.2, 0.25) is 0 Å². The number of anilines is 3. The van der Waals surface area contributed by atoms with Gasteiger partial charge in [-0.15, -0.1) is 0 Å². The van der Waals surface area contributed by atoms with E-state index in [-0.39, 0.29) is 18.3 Å². The van der Waals surface area contributed by atoms with Gasteiger partial charge in [-0.2, -0.15) is 0 Å². The Hall–Kier alpha value is -3.87. The standard InChI is InChI=1S/C27H29FN4O2/c1-18-8-11-21(16-23(18)28)30-27(34)26(33)29-17-25(20-9-12-22(13-10-20)31(2)3)32-15-14-19-6-4-5-7-24(19)32/h4-13,16,25H,14-15,17H2,1-3H3,(H,29,33)(H,30,34). The number of nitrogens with one attached hydrogen (secondary N) is 2. The Morgan fingerprint density at radius 1 is 1.03 bits per heavy atom. The highest BCUT2D eigenvalue weighted by Gasteiger charge is 2.28. The first kappa shape index (κ1) is 23.3. The average Bonchev–Trinajstić information content (AvgIpc) is 3.26. The molecule has 3 aromatic carbocycles. The van der Waals surface area contributed by atoms with Gasteiger partial charge in [0.05, 0.1) is 6.04 Å². The second-order valence-corrected chi connectivity index (χ2v) is 8.70. The summed E-state index contributed by atoms with van der Waals surface area (Å²) in [6.45, 7) is 2.71. The highest BCUT2D eigenvalue weighted by atomic mass is 19.1. The van der Waals surface area contributed by atoms with E-state index in [2.05, 4.69) is 39.8 Å². The molecule has 0 saturated carbocycles. The maximum absolute atomic E-state index is 13.8. The lowest BCUT2D eigenvalue weighted by molar-refractivity contribution is -0.136. The molecule has 1 aliphatic rings. The van der Waals surface area contributed by atoms with Crippen LogP contribution in [0, 0.1) is 12.7 Å². The summed E-state index contributed by atoms with van der Waals surface area (Å²) >= 11 is 0. The Balaban J connectivity index is 1.51. The summed E-state index contributed by atoms with van der Waals surface area (Å²) in [7, 11) is 3.98. The van der Waals surface area contributed by atoms with Crippen molar-refractivity contribution in [2.24, 2.45) is 0 Å². The molecule has 7 heteroatoms. The summed E-state index contributed by atoms with van der Waals surface area (Å²) in [5, 5.41) is 5.24. The number of nitrogens with zero attached hydrogens (tertiary/aromatic N) is 2. The fraction of sp³-hybridized carbons (Fsp3) is 0.259. The molecule has 2 amide bonds. The van der Waals surface area contributed by atoms with Gasteiger partial charge in [0.15, 0.2) is 0 Å². The van der Waals surface area contributed by atoms with Crippen molar-refractivity contribution in [1.82, 2.24) is 5.32 Å². The Bertz CT molecular complexity index is 1190. The minimum Gasteiger partial charge on any atom is -0.378 e. The molecule has 0 fully saturated rings. The van der Waals surface area contributed by atoms with Crippen LogP contribution in [0.4, 0.5) is 21.5 Å². The number of amides is 2. The molecule has 4 rings (SSSR count). The Kier molecular flexibility index (Phi) is 6.82. The molecule has 0 radical (unpaired) electrons. The van der Waals surface area contributed by atoms with Gasteiger partial charge in [-0.1, -0.05) is 36.4 Å². The van der Waals surface area contributed by atoms with Crippen molar-refractivity contribution in [3.63, 3.8) is 0 Å². The van der Waals surface area contributed by atoms with Crippen molar-refractivity contribution in [3.8, 4) is 0 Å². The summed E-state index contributed by atoms with van der Waals surface area (Å²) in [6.07, 6.45) is 0.926. The van der Waals surface area contributed by atoms with Gasteiger partial charge in [0.1, 0.15) is 5.82 Å². The Morgan fingerprint density at radius 3 is 2.47 bits per heavy atom. The number of carbonyl (C=O) groups excluding carboxylic acids is 2. The third kappa shape index (κ3) is 5.03. The van der Waals surface area contributed by atoms with E-state index in [4.69, 9.17) is 0 Å². The molecule has 0 saturated heterocycles. The molecular formula is C27H29FN4O2. The van der Waals surface area contributed by atoms with Crippen molar-refractivity contribution in [2.45, 2.75) is 19.4 Å². The van der Waals surface area contributed by atoms with Crippen molar-refractivity contribution in [2.75, 3.05) is 42.3 Å². The fourth-order valence-electron chi connectivity index (χ4n) is 4.22. The number of hydrogen-bond donors (Lipinski definition) is 2. The topological polar surface area (TPSA) is 64.7 Å². The molecule has 0 bridgehead atoms. The van der Waals surface area contributed by atoms with Crippen LogP contribution >= 0.6 is 0 Å². The lowest BCUT2D eigenvalue weighted by atomic mass is 10.0. The Labute approximate surface area is 199 Å². The molecule has 34 heavy (non-hydrogen) atoms. The van der Waals surface area contributed by atoms with Crippen LogP contribution in [-0.4, -0.2) is 39.0 Å². The van der Waals surface area contributed by atoms with Crippen LogP contribution in [0.3, 0.4) is 0 Å². The van der Waals surface area contributed by atoms with Gasteiger partial charge in [0.25, 0.3) is 0 Å². The van der Waals surface area contributed by atoms with Crippen LogP contribution in [-0.2, 0) is 16.0 Å². The van der Waals surface area contributed by atoms with Crippen LogP contribution in [0.25, 0.3) is 0 Å². The molecule has 0 aliphatic carbocycles. The predicted molar refractivity (Wildman–Crippen MR) is 134 cm³/mol. The fourth-order valence-corrected chi connectivity index (χ4v) is 4.22. The van der Waals surface area contributed by atoms with Crippen LogP contribution in [0.15, 0.2) is 66.7 Å². The zero-order chi connectivity index (χ0) is 24.2. The van der Waals surface area contributed by atoms with Gasteiger partial charge in [0, 0.05) is 44.2 Å². The number of carbonyl (C=O) groups is 2. The second-order valence-electron chi connectivity index (χ2n) is 8.70. The van der Waals surface area contributed by atoms with Gasteiger partial charge >= 0.3 is 11.8 Å². The molecule has 1 aliphatic heterocycles. The largest absolute Gasteiger partial charge is 0.378 e. The average molecular weight is 461 g/mol. The van der Waals surface area contributed by atoms with Crippen LogP contribution < -0.4 is 20.4 Å². The molecule has 2 N–H and O–H groups in total. The number of fused-ring (bicyclic) bond motifs is 1. The van der Waals surface area contributed by atoms with Gasteiger partial charge in [-0.25, -0.2) is 4.39 Å². The van der Waals surface area contributed by atoms with Crippen molar-refractivity contribution in [1.29, 1.82) is 0 Å². The summed E-state index contributed by atoms with van der Waals surface area (Å²) in [6, 6.07) is 20.6. The summed E-state index contributed by atoms with van der Waals surface area (Å²) < 4.78 is 13.8. The van der Waals surface area contributed by atoms with Crippen molar-refractivity contribution >= 4 is 28.9 Å². The third-order valence-corrected chi connectivity index (χ3v) is 6.19. The number of rotatable bonds is 6. The quantitative estimate of drug-likeness (QED) is 0.545. The second kappa shape index (κ2) is 9.95. The molecule has 3 aromatic rings. The minimum absolute atomic E-state index is 0.145. The molecule has 0 spiro atoms. The van der Waals surface area contributed by atoms with E-state index in [0.717, 1.165) is 29.9 Å². The third-order valence-electron chi connectivity index (χ3n) is 6.19. The highest BCUT2D eigenvalue weighted by molar-refractivity contribution is 6.39. The predicted octanol–water partition coefficient (Wildman–Crippen LogP) is 4.06. The van der Waals surface area contributed by atoms with Crippen molar-refractivity contribution < 1.29 is 14.0 Å². The summed E-state index contributed by atoms with van der Waals surface area (Å²) in [4.78, 5) is 29.3. The van der Waals surface area contributed by atoms with E-state index in [9.17, 15) is 14.0 Å². The number of aryl methyl sites for hydroxylation is 1. The van der Waals surface area contributed by atoms with E-state index in [1.807, 2.05) is 43.3 Å². The zero-order valence-electron chi connectivity index (χ0n) is 19.6. The van der Waals surface area contributed by atoms with Crippen LogP contribution in [0.1, 0.15) is 22.7 Å². The SMILES string of the molecule is Cc1ccc(NC(=O)C(=O)NCC(c2ccc(N(C)C)cc2)N2CCc3ccccc32)cc1F. The monoisotopic (exact) mass is 460 g/mol. The molecular weight excluding hydrogens is 431 g/mol. The molecule has 1 heterocycles. The normalized spacial score (nSPS) is 13.2. The van der Waals surface area contributed by atoms with E-state index in [1.165, 1.54) is 11.6 Å². The lowest BCUT2D eigenvalue weighted by Crippen LogP contribution is -2.41. The maximum atomic E-state index is 13.8. The number of hydrogen-bond acceptors (Lipinski definition) is 4. The zero-order valence-corrected chi connectivity index (χ0v) is 19.6. The highest BCUT2D eigenvalue weighted by Crippen LogP contribution is 2.35. The van der Waals surface area contributed by atoms with Gasteiger partial charge in [-0.3, -0.25) is 9.59 Å².